The van der Waals surface area contributed by atoms with E-state index in [4.69, 9.17) is 5.73 Å². The van der Waals surface area contributed by atoms with Gasteiger partial charge in [-0.25, -0.2) is 13.1 Å². The van der Waals surface area contributed by atoms with Crippen LogP contribution in [0.4, 0.5) is 5.69 Å². The Labute approximate surface area is 163 Å². The number of aromatic nitrogens is 3. The number of primary amides is 1. The van der Waals surface area contributed by atoms with Crippen molar-refractivity contribution in [1.29, 1.82) is 0 Å². The van der Waals surface area contributed by atoms with Crippen molar-refractivity contribution in [1.82, 2.24) is 15.0 Å². The fourth-order valence-electron chi connectivity index (χ4n) is 3.31. The van der Waals surface area contributed by atoms with Crippen molar-refractivity contribution >= 4 is 27.2 Å². The fourth-order valence-corrected chi connectivity index (χ4v) is 3.79. The molecule has 1 aromatic carbocycles. The Balaban J connectivity index is 1.99. The molecule has 2 aromatic rings. The molecule has 1 amide bonds. The highest BCUT2D eigenvalue weighted by molar-refractivity contribution is 7.90. The molecule has 150 valence electrons. The summed E-state index contributed by atoms with van der Waals surface area (Å²) in [6.07, 6.45) is 2.19. The Morgan fingerprint density at radius 1 is 1.32 bits per heavy atom. The molecule has 0 spiro atoms. The zero-order valence-electron chi connectivity index (χ0n) is 16.0. The van der Waals surface area contributed by atoms with E-state index < -0.39 is 15.7 Å². The topological polar surface area (TPSA) is 137 Å². The number of nitrogens with zero attached hydrogens (tertiary/aromatic N) is 3. The number of rotatable bonds is 6. The molecule has 1 aliphatic carbocycles. The van der Waals surface area contributed by atoms with Crippen molar-refractivity contribution in [2.24, 2.45) is 11.1 Å². The van der Waals surface area contributed by atoms with Gasteiger partial charge in [-0.15, -0.1) is 5.10 Å². The molecule has 0 radical (unpaired) electrons. The van der Waals surface area contributed by atoms with Crippen molar-refractivity contribution in [2.45, 2.75) is 26.7 Å². The quantitative estimate of drug-likeness (QED) is 0.730. The van der Waals surface area contributed by atoms with Crippen LogP contribution in [0.3, 0.4) is 0 Å². The summed E-state index contributed by atoms with van der Waals surface area (Å²) in [6.45, 7) is 4.16. The van der Waals surface area contributed by atoms with Crippen LogP contribution in [0.2, 0.25) is 0 Å². The van der Waals surface area contributed by atoms with E-state index in [0.717, 1.165) is 11.9 Å². The molecular formula is C18H23N5O4S. The first-order valence-corrected chi connectivity index (χ1v) is 10.9. The van der Waals surface area contributed by atoms with Crippen LogP contribution in [-0.4, -0.2) is 53.7 Å². The zero-order valence-corrected chi connectivity index (χ0v) is 16.8. The second-order valence-electron chi connectivity index (χ2n) is 7.89. The lowest BCUT2D eigenvalue weighted by Crippen LogP contribution is -2.28. The number of carbonyl (C=O) groups is 2. The Kier molecular flexibility index (Phi) is 5.00. The molecule has 1 aliphatic rings. The van der Waals surface area contributed by atoms with Gasteiger partial charge in [-0.3, -0.25) is 9.59 Å². The van der Waals surface area contributed by atoms with Gasteiger partial charge in [-0.2, -0.15) is 0 Å². The molecule has 3 N–H and O–H groups in total. The maximum atomic E-state index is 12.3. The van der Waals surface area contributed by atoms with Crippen LogP contribution in [0.15, 0.2) is 18.2 Å². The molecule has 28 heavy (non-hydrogen) atoms. The average molecular weight is 405 g/mol. The van der Waals surface area contributed by atoms with Crippen molar-refractivity contribution < 1.29 is 18.0 Å². The number of sulfone groups is 1. The lowest BCUT2D eigenvalue weighted by Gasteiger charge is -2.28. The molecule has 0 unspecified atom stereocenters. The lowest BCUT2D eigenvalue weighted by atomic mass is 9.77. The van der Waals surface area contributed by atoms with Gasteiger partial charge in [0.25, 0.3) is 5.91 Å². The third-order valence-corrected chi connectivity index (χ3v) is 5.56. The van der Waals surface area contributed by atoms with Crippen molar-refractivity contribution in [2.75, 3.05) is 23.9 Å². The number of fused-ring (bicyclic) bond motifs is 1. The van der Waals surface area contributed by atoms with Crippen LogP contribution < -0.4 is 11.1 Å². The van der Waals surface area contributed by atoms with Gasteiger partial charge in [0.15, 0.2) is 11.5 Å². The summed E-state index contributed by atoms with van der Waals surface area (Å²) in [6, 6.07) is 4.87. The van der Waals surface area contributed by atoms with Crippen LogP contribution >= 0.6 is 0 Å². The largest absolute Gasteiger partial charge is 0.383 e. The Hall–Kier alpha value is -2.75. The molecule has 10 heteroatoms. The zero-order chi connectivity index (χ0) is 20.7. The average Bonchev–Trinajstić information content (AvgIpc) is 2.96. The summed E-state index contributed by atoms with van der Waals surface area (Å²) in [4.78, 5) is 24.1. The molecule has 0 bridgehead atoms. The minimum absolute atomic E-state index is 0.0437. The van der Waals surface area contributed by atoms with Crippen LogP contribution in [-0.2, 0) is 16.3 Å². The van der Waals surface area contributed by atoms with Gasteiger partial charge in [0.05, 0.1) is 22.7 Å². The SMILES string of the molecule is CC1(C)CC(=O)c2nnn(-c3ccc(C(N)=O)c(NCCS(C)(=O)=O)c3)c2C1. The minimum Gasteiger partial charge on any atom is -0.383 e. The number of benzene rings is 1. The minimum atomic E-state index is -3.16. The van der Waals surface area contributed by atoms with Crippen LogP contribution in [0.5, 0.6) is 0 Å². The first kappa shape index (κ1) is 20.0. The number of amides is 1. The highest BCUT2D eigenvalue weighted by Crippen LogP contribution is 2.35. The maximum absolute atomic E-state index is 12.3. The van der Waals surface area contributed by atoms with Gasteiger partial charge in [-0.1, -0.05) is 19.1 Å². The monoisotopic (exact) mass is 405 g/mol. The summed E-state index contributed by atoms with van der Waals surface area (Å²) >= 11 is 0. The smallest absolute Gasteiger partial charge is 0.250 e. The second kappa shape index (κ2) is 7.01. The molecule has 0 fully saturated rings. The Morgan fingerprint density at radius 2 is 2.04 bits per heavy atom. The van der Waals surface area contributed by atoms with E-state index in [0.29, 0.717) is 29.9 Å². The number of nitrogens with one attached hydrogen (secondary N) is 1. The molecule has 1 heterocycles. The Bertz CT molecular complexity index is 1060. The molecule has 1 aromatic heterocycles. The summed E-state index contributed by atoms with van der Waals surface area (Å²) in [5.74, 6) is -0.764. The third kappa shape index (κ3) is 4.22. The number of nitrogens with two attached hydrogens (primary N) is 1. The van der Waals surface area contributed by atoms with E-state index in [1.807, 2.05) is 13.8 Å². The van der Waals surface area contributed by atoms with Crippen LogP contribution in [0.1, 0.15) is 46.8 Å². The fraction of sp³-hybridized carbons (Fsp3) is 0.444. The van der Waals surface area contributed by atoms with Gasteiger partial charge < -0.3 is 11.1 Å². The Morgan fingerprint density at radius 3 is 2.68 bits per heavy atom. The standard InChI is InChI=1S/C18H23N5O4S/c1-18(2)9-14-16(15(24)10-18)21-22-23(14)11-4-5-12(17(19)25)13(8-11)20-6-7-28(3,26)27/h4-5,8,20H,6-7,9-10H2,1-3H3,(H2,19,25). The summed E-state index contributed by atoms with van der Waals surface area (Å²) in [5.41, 5.74) is 7.55. The molecule has 0 saturated carbocycles. The molecule has 0 aliphatic heterocycles. The first-order chi connectivity index (χ1) is 13.0. The predicted molar refractivity (Wildman–Crippen MR) is 105 cm³/mol. The van der Waals surface area contributed by atoms with Crippen molar-refractivity contribution in [3.05, 3.63) is 35.2 Å². The molecule has 0 saturated heterocycles. The normalized spacial score (nSPS) is 15.9. The van der Waals surface area contributed by atoms with Gasteiger partial charge in [0, 0.05) is 24.9 Å². The van der Waals surface area contributed by atoms with Crippen molar-refractivity contribution in [3.8, 4) is 5.69 Å². The number of carbonyl (C=O) groups excluding carboxylic acids is 2. The highest BCUT2D eigenvalue weighted by Gasteiger charge is 2.35. The molecule has 0 atom stereocenters. The number of hydrogen-bond donors (Lipinski definition) is 2. The van der Waals surface area contributed by atoms with E-state index in [2.05, 4.69) is 15.6 Å². The number of anilines is 1. The number of Topliss-reactive ketones (excluding diaryl/α,β-unsaturated/α-hetero) is 1. The van der Waals surface area contributed by atoms with Crippen LogP contribution in [0.25, 0.3) is 5.69 Å². The third-order valence-electron chi connectivity index (χ3n) is 4.61. The van der Waals surface area contributed by atoms with E-state index >= 15 is 0 Å². The highest BCUT2D eigenvalue weighted by atomic mass is 32.2. The van der Waals surface area contributed by atoms with E-state index in [9.17, 15) is 18.0 Å². The summed E-state index contributed by atoms with van der Waals surface area (Å²) in [5, 5.41) is 11.1. The van der Waals surface area contributed by atoms with E-state index in [1.54, 1.807) is 22.9 Å². The van der Waals surface area contributed by atoms with Gasteiger partial charge >= 0.3 is 0 Å². The second-order valence-corrected chi connectivity index (χ2v) is 10.1. The van der Waals surface area contributed by atoms with E-state index in [1.165, 1.54) is 0 Å². The lowest BCUT2D eigenvalue weighted by molar-refractivity contribution is 0.0905. The maximum Gasteiger partial charge on any atom is 0.250 e. The van der Waals surface area contributed by atoms with Crippen LogP contribution in [0, 0.1) is 5.41 Å². The van der Waals surface area contributed by atoms with Gasteiger partial charge in [0.1, 0.15) is 9.84 Å². The summed E-state index contributed by atoms with van der Waals surface area (Å²) in [7, 11) is -3.16. The number of ketones is 1. The number of hydrogen-bond acceptors (Lipinski definition) is 7. The van der Waals surface area contributed by atoms with Crippen molar-refractivity contribution in [3.63, 3.8) is 0 Å². The molecular weight excluding hydrogens is 382 g/mol. The molecule has 3 rings (SSSR count). The molecule has 9 nitrogen and oxygen atoms in total. The summed E-state index contributed by atoms with van der Waals surface area (Å²) < 4.78 is 24.3. The van der Waals surface area contributed by atoms with Gasteiger partial charge in [0.2, 0.25) is 0 Å². The van der Waals surface area contributed by atoms with E-state index in [-0.39, 0.29) is 29.1 Å². The predicted octanol–water partition coefficient (Wildman–Crippen LogP) is 0.978. The first-order valence-electron chi connectivity index (χ1n) is 8.80. The van der Waals surface area contributed by atoms with Gasteiger partial charge in [-0.05, 0) is 30.0 Å².